The maximum absolute atomic E-state index is 12.2. The lowest BCUT2D eigenvalue weighted by Gasteiger charge is -2.01. The molecule has 24 heavy (non-hydrogen) atoms. The van der Waals surface area contributed by atoms with Crippen molar-refractivity contribution in [1.82, 2.24) is 9.97 Å². The van der Waals surface area contributed by atoms with Crippen molar-refractivity contribution in [2.45, 2.75) is 13.3 Å². The minimum absolute atomic E-state index is 0.0179. The van der Waals surface area contributed by atoms with Crippen molar-refractivity contribution in [3.05, 3.63) is 66.6 Å². The van der Waals surface area contributed by atoms with E-state index in [4.69, 9.17) is 5.11 Å². The minimum atomic E-state index is -1.09. The van der Waals surface area contributed by atoms with Crippen LogP contribution in [-0.2, 0) is 6.42 Å². The van der Waals surface area contributed by atoms with Crippen LogP contribution in [0.4, 0.5) is 5.69 Å². The number of rotatable bonds is 4. The van der Waals surface area contributed by atoms with Crippen LogP contribution in [0.25, 0.3) is 10.2 Å². The van der Waals surface area contributed by atoms with Gasteiger partial charge in [0.15, 0.2) is 0 Å². The molecule has 0 atom stereocenters. The van der Waals surface area contributed by atoms with Gasteiger partial charge in [0, 0.05) is 18.6 Å². The fourth-order valence-electron chi connectivity index (χ4n) is 2.41. The van der Waals surface area contributed by atoms with Gasteiger partial charge in [0.05, 0.1) is 10.3 Å². The Bertz CT molecular complexity index is 1020. The highest BCUT2D eigenvalue weighted by molar-refractivity contribution is 7.20. The lowest BCUT2D eigenvalue weighted by Crippen LogP contribution is -2.12. The molecular weight excluding hydrogens is 334 g/mol. The number of aromatic nitrogens is 2. The van der Waals surface area contributed by atoms with E-state index in [1.54, 1.807) is 19.1 Å². The zero-order chi connectivity index (χ0) is 17.4. The Kier molecular flexibility index (Phi) is 3.86. The van der Waals surface area contributed by atoms with Gasteiger partial charge < -0.3 is 10.1 Å². The van der Waals surface area contributed by atoms with Crippen LogP contribution < -0.4 is 5.56 Å². The van der Waals surface area contributed by atoms with Crippen molar-refractivity contribution in [2.24, 2.45) is 0 Å². The molecule has 0 saturated carbocycles. The molecule has 0 amide bonds. The Morgan fingerprint density at radius 2 is 2.04 bits per heavy atom. The van der Waals surface area contributed by atoms with E-state index in [1.165, 1.54) is 12.1 Å². The van der Waals surface area contributed by atoms with Crippen molar-refractivity contribution in [1.29, 1.82) is 0 Å². The number of nitrogens with zero attached hydrogens (tertiary/aromatic N) is 2. The van der Waals surface area contributed by atoms with Crippen molar-refractivity contribution >= 4 is 33.2 Å². The molecule has 9 heteroatoms. The maximum atomic E-state index is 12.2. The van der Waals surface area contributed by atoms with Gasteiger partial charge in [0.25, 0.3) is 11.2 Å². The van der Waals surface area contributed by atoms with Crippen LogP contribution in [0.5, 0.6) is 0 Å². The first kappa shape index (κ1) is 15.8. The van der Waals surface area contributed by atoms with Gasteiger partial charge in [0.2, 0.25) is 0 Å². The summed E-state index contributed by atoms with van der Waals surface area (Å²) in [6.07, 6.45) is 0.280. The highest BCUT2D eigenvalue weighted by Gasteiger charge is 2.18. The number of carboxylic acid groups (broad SMARTS) is 1. The van der Waals surface area contributed by atoms with E-state index in [2.05, 4.69) is 9.97 Å². The standard InChI is InChI=1S/C15H11N3O5S/c1-7-11-13(19)16-10(17-14(11)24-12(7)15(20)21)6-8-2-4-9(5-3-8)18(22)23/h2-5H,6H2,1H3,(H,20,21)(H,16,17,19). The number of carbonyl (C=O) groups is 1. The van der Waals surface area contributed by atoms with E-state index in [0.717, 1.165) is 16.9 Å². The van der Waals surface area contributed by atoms with Gasteiger partial charge >= 0.3 is 5.97 Å². The first-order valence-electron chi connectivity index (χ1n) is 6.85. The smallest absolute Gasteiger partial charge is 0.346 e. The van der Waals surface area contributed by atoms with Gasteiger partial charge in [0.1, 0.15) is 15.5 Å². The Labute approximate surface area is 138 Å². The molecule has 0 radical (unpaired) electrons. The van der Waals surface area contributed by atoms with Crippen LogP contribution in [-0.4, -0.2) is 26.0 Å². The molecule has 0 unspecified atom stereocenters. The highest BCUT2D eigenvalue weighted by atomic mass is 32.1. The number of fused-ring (bicyclic) bond motifs is 1. The predicted molar refractivity (Wildman–Crippen MR) is 87.8 cm³/mol. The SMILES string of the molecule is Cc1c(C(=O)O)sc2nc(Cc3ccc([N+](=O)[O-])cc3)[nH]c(=O)c12. The van der Waals surface area contributed by atoms with E-state index < -0.39 is 16.5 Å². The number of nitro benzene ring substituents is 1. The summed E-state index contributed by atoms with van der Waals surface area (Å²) in [4.78, 5) is 41.0. The van der Waals surface area contributed by atoms with Gasteiger partial charge in [-0.05, 0) is 18.1 Å². The normalized spacial score (nSPS) is 10.9. The monoisotopic (exact) mass is 345 g/mol. The Balaban J connectivity index is 2.00. The number of aryl methyl sites for hydroxylation is 1. The number of thiophene rings is 1. The number of H-pyrrole nitrogens is 1. The first-order chi connectivity index (χ1) is 11.4. The Morgan fingerprint density at radius 3 is 2.62 bits per heavy atom. The molecule has 0 aliphatic carbocycles. The molecule has 3 aromatic rings. The molecule has 2 aromatic heterocycles. The van der Waals surface area contributed by atoms with E-state index >= 15 is 0 Å². The van der Waals surface area contributed by atoms with Gasteiger partial charge in [-0.1, -0.05) is 12.1 Å². The number of aromatic amines is 1. The number of non-ortho nitro benzene ring substituents is 1. The summed E-state index contributed by atoms with van der Waals surface area (Å²) in [6, 6.07) is 5.93. The maximum Gasteiger partial charge on any atom is 0.346 e. The third-order valence-electron chi connectivity index (χ3n) is 3.56. The molecule has 0 saturated heterocycles. The second-order valence-corrected chi connectivity index (χ2v) is 6.15. The molecule has 3 rings (SSSR count). The summed E-state index contributed by atoms with van der Waals surface area (Å²) in [5, 5.41) is 20.1. The van der Waals surface area contributed by atoms with Crippen molar-refractivity contribution in [2.75, 3.05) is 0 Å². The zero-order valence-corrected chi connectivity index (χ0v) is 13.2. The van der Waals surface area contributed by atoms with E-state index in [1.807, 2.05) is 0 Å². The highest BCUT2D eigenvalue weighted by Crippen LogP contribution is 2.27. The average molecular weight is 345 g/mol. The average Bonchev–Trinajstić information content (AvgIpc) is 2.85. The molecule has 1 aromatic carbocycles. The van der Waals surface area contributed by atoms with Crippen LogP contribution >= 0.6 is 11.3 Å². The van der Waals surface area contributed by atoms with Gasteiger partial charge in [-0.25, -0.2) is 9.78 Å². The summed E-state index contributed by atoms with van der Waals surface area (Å²) >= 11 is 0.957. The fourth-order valence-corrected chi connectivity index (χ4v) is 3.44. The summed E-state index contributed by atoms with van der Waals surface area (Å²) in [5.74, 6) is -0.716. The fraction of sp³-hybridized carbons (Fsp3) is 0.133. The number of hydrogen-bond acceptors (Lipinski definition) is 6. The van der Waals surface area contributed by atoms with Crippen LogP contribution in [0.15, 0.2) is 29.1 Å². The van der Waals surface area contributed by atoms with Gasteiger partial charge in [-0.2, -0.15) is 0 Å². The molecule has 8 nitrogen and oxygen atoms in total. The number of carboxylic acids is 1. The molecule has 0 bridgehead atoms. The lowest BCUT2D eigenvalue weighted by atomic mass is 10.1. The zero-order valence-electron chi connectivity index (χ0n) is 12.4. The molecular formula is C15H11N3O5S. The largest absolute Gasteiger partial charge is 0.477 e. The van der Waals surface area contributed by atoms with E-state index in [-0.39, 0.29) is 22.4 Å². The molecule has 0 aliphatic heterocycles. The molecule has 2 N–H and O–H groups in total. The number of nitrogens with one attached hydrogen (secondary N) is 1. The topological polar surface area (TPSA) is 126 Å². The van der Waals surface area contributed by atoms with E-state index in [0.29, 0.717) is 16.2 Å². The number of aromatic carboxylic acids is 1. The number of benzene rings is 1. The van der Waals surface area contributed by atoms with Crippen LogP contribution in [0.2, 0.25) is 0 Å². The third-order valence-corrected chi connectivity index (χ3v) is 4.74. The minimum Gasteiger partial charge on any atom is -0.477 e. The predicted octanol–water partition coefficient (Wildman–Crippen LogP) is 2.49. The summed E-state index contributed by atoms with van der Waals surface area (Å²) < 4.78 is 0. The molecule has 2 heterocycles. The number of nitro groups is 1. The van der Waals surface area contributed by atoms with Crippen LogP contribution in [0.3, 0.4) is 0 Å². The van der Waals surface area contributed by atoms with Crippen molar-refractivity contribution in [3.63, 3.8) is 0 Å². The third kappa shape index (κ3) is 2.76. The van der Waals surface area contributed by atoms with Crippen molar-refractivity contribution < 1.29 is 14.8 Å². The molecule has 0 spiro atoms. The van der Waals surface area contributed by atoms with Crippen molar-refractivity contribution in [3.8, 4) is 0 Å². The van der Waals surface area contributed by atoms with E-state index in [9.17, 15) is 19.7 Å². The Hall–Kier alpha value is -3.07. The quantitative estimate of drug-likeness (QED) is 0.552. The molecule has 0 fully saturated rings. The second kappa shape index (κ2) is 5.85. The van der Waals surface area contributed by atoms with Crippen LogP contribution in [0.1, 0.15) is 26.6 Å². The second-order valence-electron chi connectivity index (χ2n) is 5.15. The Morgan fingerprint density at radius 1 is 1.38 bits per heavy atom. The molecule has 0 aliphatic rings. The first-order valence-corrected chi connectivity index (χ1v) is 7.67. The van der Waals surface area contributed by atoms with Crippen LogP contribution in [0, 0.1) is 17.0 Å². The number of hydrogen-bond donors (Lipinski definition) is 2. The summed E-state index contributed by atoms with van der Waals surface area (Å²) in [7, 11) is 0. The lowest BCUT2D eigenvalue weighted by molar-refractivity contribution is -0.384. The molecule has 122 valence electrons. The van der Waals surface area contributed by atoms with Gasteiger partial charge in [-0.15, -0.1) is 11.3 Å². The summed E-state index contributed by atoms with van der Waals surface area (Å²) in [5.41, 5.74) is 0.738. The van der Waals surface area contributed by atoms with Gasteiger partial charge in [-0.3, -0.25) is 14.9 Å². The summed E-state index contributed by atoms with van der Waals surface area (Å²) in [6.45, 7) is 1.58.